The number of ether oxygens (including phenoxy) is 2. The summed E-state index contributed by atoms with van der Waals surface area (Å²) in [7, 11) is 1.33. The molecule has 0 fully saturated rings. The zero-order valence-corrected chi connectivity index (χ0v) is 10.2. The maximum atomic E-state index is 11.3. The van der Waals surface area contributed by atoms with Gasteiger partial charge in [-0.2, -0.15) is 0 Å². The van der Waals surface area contributed by atoms with Gasteiger partial charge in [0.05, 0.1) is 18.9 Å². The van der Waals surface area contributed by atoms with Gasteiger partial charge in [-0.15, -0.1) is 0 Å². The van der Waals surface area contributed by atoms with E-state index in [4.69, 9.17) is 4.74 Å². The summed E-state index contributed by atoms with van der Waals surface area (Å²) in [4.78, 5) is 15.3. The molecule has 2 rings (SSSR count). The van der Waals surface area contributed by atoms with Crippen molar-refractivity contribution in [3.63, 3.8) is 0 Å². The van der Waals surface area contributed by atoms with E-state index < -0.39 is 5.97 Å². The van der Waals surface area contributed by atoms with Crippen molar-refractivity contribution in [2.75, 3.05) is 7.11 Å². The first-order valence-corrected chi connectivity index (χ1v) is 5.47. The Hall–Kier alpha value is -2.36. The zero-order valence-electron chi connectivity index (χ0n) is 10.2. The molecule has 0 aliphatic rings. The molecule has 18 heavy (non-hydrogen) atoms. The van der Waals surface area contributed by atoms with E-state index >= 15 is 0 Å². The van der Waals surface area contributed by atoms with Gasteiger partial charge >= 0.3 is 5.97 Å². The summed E-state index contributed by atoms with van der Waals surface area (Å²) in [6, 6.07) is 9.22. The van der Waals surface area contributed by atoms with Crippen LogP contribution in [0.4, 0.5) is 0 Å². The second-order valence-corrected chi connectivity index (χ2v) is 3.82. The number of aryl methyl sites for hydroxylation is 1. The third-order valence-corrected chi connectivity index (χ3v) is 2.39. The van der Waals surface area contributed by atoms with Crippen LogP contribution in [0.3, 0.4) is 0 Å². The number of methoxy groups -OCH3 is 1. The van der Waals surface area contributed by atoms with Crippen molar-refractivity contribution < 1.29 is 14.3 Å². The lowest BCUT2D eigenvalue weighted by atomic mass is 10.2. The molecule has 0 N–H and O–H groups in total. The smallest absolute Gasteiger partial charge is 0.339 e. The van der Waals surface area contributed by atoms with E-state index in [2.05, 4.69) is 9.72 Å². The van der Waals surface area contributed by atoms with Crippen molar-refractivity contribution in [2.24, 2.45) is 0 Å². The molecule has 0 saturated carbocycles. The molecule has 92 valence electrons. The third kappa shape index (κ3) is 2.85. The lowest BCUT2D eigenvalue weighted by Gasteiger charge is -2.06. The highest BCUT2D eigenvalue weighted by atomic mass is 16.5. The normalized spacial score (nSPS) is 9.89. The van der Waals surface area contributed by atoms with E-state index in [-0.39, 0.29) is 0 Å². The zero-order chi connectivity index (χ0) is 13.0. The Morgan fingerprint density at radius 2 is 1.83 bits per heavy atom. The fourth-order valence-corrected chi connectivity index (χ4v) is 1.45. The van der Waals surface area contributed by atoms with Crippen molar-refractivity contribution in [1.29, 1.82) is 0 Å². The lowest BCUT2D eigenvalue weighted by molar-refractivity contribution is 0.0600. The molecule has 0 atom stereocenters. The fraction of sp³-hybridized carbons (Fsp3) is 0.143. The number of carbonyl (C=O) groups is 1. The Morgan fingerprint density at radius 1 is 1.11 bits per heavy atom. The van der Waals surface area contributed by atoms with E-state index in [1.807, 2.05) is 31.2 Å². The van der Waals surface area contributed by atoms with Gasteiger partial charge in [0, 0.05) is 6.20 Å². The number of aromatic nitrogens is 1. The minimum absolute atomic E-state index is 0.363. The molecule has 4 heteroatoms. The number of nitrogens with zero attached hydrogens (tertiary/aromatic N) is 1. The van der Waals surface area contributed by atoms with E-state index in [1.54, 1.807) is 12.3 Å². The molecule has 0 bridgehead atoms. The van der Waals surface area contributed by atoms with Crippen molar-refractivity contribution in [1.82, 2.24) is 4.98 Å². The molecule has 0 saturated heterocycles. The number of esters is 1. The van der Waals surface area contributed by atoms with Gasteiger partial charge in [-0.05, 0) is 25.1 Å². The van der Waals surface area contributed by atoms with Crippen LogP contribution in [0.2, 0.25) is 0 Å². The molecular weight excluding hydrogens is 230 g/mol. The molecule has 1 aromatic heterocycles. The molecule has 1 heterocycles. The summed E-state index contributed by atoms with van der Waals surface area (Å²) in [6.07, 6.45) is 2.99. The van der Waals surface area contributed by atoms with E-state index in [1.165, 1.54) is 13.3 Å². The van der Waals surface area contributed by atoms with Gasteiger partial charge in [0.2, 0.25) is 0 Å². The molecule has 0 spiro atoms. The average Bonchev–Trinajstić information content (AvgIpc) is 2.41. The summed E-state index contributed by atoms with van der Waals surface area (Å²) in [5, 5.41) is 0. The Kier molecular flexibility index (Phi) is 3.57. The number of benzene rings is 1. The summed E-state index contributed by atoms with van der Waals surface area (Å²) in [5.41, 5.74) is 1.52. The molecule has 0 aliphatic carbocycles. The first-order valence-electron chi connectivity index (χ1n) is 5.47. The van der Waals surface area contributed by atoms with Crippen LogP contribution in [0.1, 0.15) is 15.9 Å². The Balaban J connectivity index is 2.19. The molecule has 0 unspecified atom stereocenters. The molecule has 0 amide bonds. The second-order valence-electron chi connectivity index (χ2n) is 3.82. The lowest BCUT2D eigenvalue weighted by Crippen LogP contribution is -2.01. The summed E-state index contributed by atoms with van der Waals surface area (Å²) >= 11 is 0. The largest absolute Gasteiger partial charge is 0.465 e. The number of pyridine rings is 1. The predicted molar refractivity (Wildman–Crippen MR) is 66.8 cm³/mol. The third-order valence-electron chi connectivity index (χ3n) is 2.39. The summed E-state index contributed by atoms with van der Waals surface area (Å²) in [5.74, 6) is 0.767. The first kappa shape index (κ1) is 12.1. The van der Waals surface area contributed by atoms with Crippen LogP contribution in [0.15, 0.2) is 42.7 Å². The van der Waals surface area contributed by atoms with E-state index in [0.717, 1.165) is 5.56 Å². The molecule has 2 aromatic rings. The molecule has 4 nitrogen and oxygen atoms in total. The van der Waals surface area contributed by atoms with Gasteiger partial charge in [-0.3, -0.25) is 4.98 Å². The fourth-order valence-electron chi connectivity index (χ4n) is 1.45. The maximum Gasteiger partial charge on any atom is 0.339 e. The maximum absolute atomic E-state index is 11.3. The van der Waals surface area contributed by atoms with Crippen LogP contribution in [0, 0.1) is 6.92 Å². The SMILES string of the molecule is COC(=O)c1cncc(Oc2ccc(C)cc2)c1. The van der Waals surface area contributed by atoms with Crippen LogP contribution < -0.4 is 4.74 Å². The number of hydrogen-bond acceptors (Lipinski definition) is 4. The minimum Gasteiger partial charge on any atom is -0.465 e. The highest BCUT2D eigenvalue weighted by Crippen LogP contribution is 2.21. The van der Waals surface area contributed by atoms with Gasteiger partial charge in [0.25, 0.3) is 0 Å². The van der Waals surface area contributed by atoms with Crippen molar-refractivity contribution in [3.05, 3.63) is 53.9 Å². The van der Waals surface area contributed by atoms with Crippen LogP contribution in [0.25, 0.3) is 0 Å². The molecule has 0 radical (unpaired) electrons. The molecular formula is C14H13NO3. The van der Waals surface area contributed by atoms with E-state index in [9.17, 15) is 4.79 Å². The Labute approximate surface area is 105 Å². The van der Waals surface area contributed by atoms with Crippen LogP contribution in [-0.4, -0.2) is 18.1 Å². The monoisotopic (exact) mass is 243 g/mol. The van der Waals surface area contributed by atoms with Gasteiger partial charge in [-0.25, -0.2) is 4.79 Å². The highest BCUT2D eigenvalue weighted by Gasteiger charge is 2.07. The topological polar surface area (TPSA) is 48.4 Å². The van der Waals surface area contributed by atoms with Crippen LogP contribution in [0.5, 0.6) is 11.5 Å². The van der Waals surface area contributed by atoms with Gasteiger partial charge in [0.1, 0.15) is 11.5 Å². The molecule has 0 aliphatic heterocycles. The Bertz CT molecular complexity index is 549. The molecule has 1 aromatic carbocycles. The minimum atomic E-state index is -0.433. The standard InChI is InChI=1S/C14H13NO3/c1-10-3-5-12(6-4-10)18-13-7-11(8-15-9-13)14(16)17-2/h3-9H,1-2H3. The van der Waals surface area contributed by atoms with Crippen molar-refractivity contribution >= 4 is 5.97 Å². The van der Waals surface area contributed by atoms with Gasteiger partial charge in [-0.1, -0.05) is 17.7 Å². The van der Waals surface area contributed by atoms with Gasteiger partial charge in [0.15, 0.2) is 0 Å². The van der Waals surface area contributed by atoms with E-state index in [0.29, 0.717) is 17.1 Å². The summed E-state index contributed by atoms with van der Waals surface area (Å²) in [6.45, 7) is 2.00. The second kappa shape index (κ2) is 5.31. The number of carbonyl (C=O) groups excluding carboxylic acids is 1. The average molecular weight is 243 g/mol. The quantitative estimate of drug-likeness (QED) is 0.777. The number of rotatable bonds is 3. The van der Waals surface area contributed by atoms with Crippen LogP contribution in [-0.2, 0) is 4.74 Å². The van der Waals surface area contributed by atoms with Crippen molar-refractivity contribution in [2.45, 2.75) is 6.92 Å². The highest BCUT2D eigenvalue weighted by molar-refractivity contribution is 5.89. The van der Waals surface area contributed by atoms with Gasteiger partial charge < -0.3 is 9.47 Å². The number of hydrogen-bond donors (Lipinski definition) is 0. The van der Waals surface area contributed by atoms with Crippen molar-refractivity contribution in [3.8, 4) is 11.5 Å². The Morgan fingerprint density at radius 3 is 2.50 bits per heavy atom. The van der Waals surface area contributed by atoms with Crippen LogP contribution >= 0.6 is 0 Å². The predicted octanol–water partition coefficient (Wildman–Crippen LogP) is 2.97. The first-order chi connectivity index (χ1) is 8.69. The summed E-state index contributed by atoms with van der Waals surface area (Å²) < 4.78 is 10.2.